The van der Waals surface area contributed by atoms with Crippen molar-refractivity contribution < 1.29 is 71.7 Å². The Hall–Kier alpha value is -5.20. The first-order chi connectivity index (χ1) is 23.4. The summed E-state index contributed by atoms with van der Waals surface area (Å²) in [6.45, 7) is 1.17. The number of hydrogen-bond donors (Lipinski definition) is 8. The minimum Gasteiger partial charge on any atom is -0.507 e. The molecule has 0 fully saturated rings. The Bertz CT molecular complexity index is 2690. The molecule has 5 rings (SSSR count). The van der Waals surface area contributed by atoms with Crippen LogP contribution in [-0.4, -0.2) is 73.9 Å². The van der Waals surface area contributed by atoms with E-state index in [-0.39, 0.29) is 38.5 Å². The molecule has 8 N–H and O–H groups in total. The van der Waals surface area contributed by atoms with Gasteiger partial charge in [-0.05, 0) is 53.9 Å². The molecule has 0 aliphatic rings. The molecule has 0 atom stereocenters. The summed E-state index contributed by atoms with van der Waals surface area (Å²) in [4.78, 5) is 20.8. The lowest BCUT2D eigenvalue weighted by Gasteiger charge is -2.13. The summed E-state index contributed by atoms with van der Waals surface area (Å²) in [5.41, 5.74) is 0.0552. The maximum atomic E-state index is 12.4. The van der Waals surface area contributed by atoms with Gasteiger partial charge in [0, 0.05) is 40.8 Å². The van der Waals surface area contributed by atoms with Crippen LogP contribution in [0.2, 0.25) is 0 Å². The summed E-state index contributed by atoms with van der Waals surface area (Å²) in [5.74, 6) is -2.49. The molecular weight excluding hydrogens is 761 g/mol. The molecular formula is C29H24N2O16S4. The first kappa shape index (κ1) is 38.6. The molecule has 0 saturated heterocycles. The average Bonchev–Trinajstić information content (AvgIpc) is 2.99. The fraction of sp³-hybridized carbons (Fsp3) is 0.0345. The number of benzene rings is 5. The highest BCUT2D eigenvalue weighted by Gasteiger charge is 2.23. The summed E-state index contributed by atoms with van der Waals surface area (Å²) in [5, 5.41) is 24.2. The quantitative estimate of drug-likeness (QED) is 0.110. The number of nitrogens with one attached hydrogen (secondary N) is 2. The van der Waals surface area contributed by atoms with Crippen molar-refractivity contribution >= 4 is 85.2 Å². The number of carbonyl (C=O) groups excluding carboxylic acids is 2. The third-order valence-corrected chi connectivity index (χ3v) is 10.2. The smallest absolute Gasteiger partial charge is 0.295 e. The van der Waals surface area contributed by atoms with Gasteiger partial charge in [-0.3, -0.25) is 27.8 Å². The van der Waals surface area contributed by atoms with E-state index >= 15 is 0 Å². The third-order valence-electron chi connectivity index (χ3n) is 6.77. The van der Waals surface area contributed by atoms with Crippen LogP contribution in [0.3, 0.4) is 0 Å². The molecule has 0 radical (unpaired) electrons. The lowest BCUT2D eigenvalue weighted by atomic mass is 10.1. The lowest BCUT2D eigenvalue weighted by molar-refractivity contribution is -0.114. The number of fused-ring (bicyclic) bond motifs is 2. The van der Waals surface area contributed by atoms with E-state index in [9.17, 15) is 67.1 Å². The van der Waals surface area contributed by atoms with Crippen LogP contribution < -0.4 is 10.6 Å². The Kier molecular flexibility index (Phi) is 10.5. The molecule has 5 aromatic rings. The lowest BCUT2D eigenvalue weighted by Crippen LogP contribution is -2.13. The number of carbonyl (C=O) groups is 2. The van der Waals surface area contributed by atoms with Crippen LogP contribution in [0.1, 0.15) is 17.3 Å². The van der Waals surface area contributed by atoms with E-state index in [1.54, 1.807) is 18.2 Å². The second-order valence-electron chi connectivity index (χ2n) is 10.4. The molecule has 270 valence electrons. The molecule has 0 aromatic heterocycles. The van der Waals surface area contributed by atoms with Crippen molar-refractivity contribution in [1.82, 2.24) is 0 Å². The number of hydrogen-bond acceptors (Lipinski definition) is 12. The zero-order chi connectivity index (χ0) is 38.3. The van der Waals surface area contributed by atoms with E-state index in [2.05, 4.69) is 10.6 Å². The number of anilines is 2. The molecule has 51 heavy (non-hydrogen) atoms. The molecule has 5 aromatic carbocycles. The minimum atomic E-state index is -4.75. The van der Waals surface area contributed by atoms with Crippen molar-refractivity contribution in [3.05, 3.63) is 84.4 Å². The van der Waals surface area contributed by atoms with Gasteiger partial charge in [-0.1, -0.05) is 18.2 Å². The van der Waals surface area contributed by atoms with Crippen LogP contribution in [-0.2, 0) is 45.3 Å². The van der Waals surface area contributed by atoms with Gasteiger partial charge in [-0.2, -0.15) is 33.7 Å². The fourth-order valence-electron chi connectivity index (χ4n) is 4.70. The van der Waals surface area contributed by atoms with Gasteiger partial charge in [0.25, 0.3) is 46.4 Å². The number of aromatic hydroxyl groups is 2. The van der Waals surface area contributed by atoms with E-state index < -0.39 is 83.4 Å². The average molecular weight is 785 g/mol. The molecule has 0 bridgehead atoms. The van der Waals surface area contributed by atoms with Gasteiger partial charge in [0.2, 0.25) is 5.91 Å². The normalized spacial score (nSPS) is 12.2. The standard InChI is InChI=1S/C17H13NO8S2.C12H11NO8S2/c19-15-9-13(28(24,25)26)7-11-6-12(27(21,22)23)8-14(16(11)15)18-17(20)10-4-2-1-3-5-10;1-6(14)13-9-2-3-11(23(19,20)21)8-4-7(22(16,17)18)5-10(15)12(8)9/h1-9,19H,(H,18,20)(H,21,22,23)(H,24,25,26);2-5,15H,1H3,(H,13,14)(H,16,17,18)(H,19,20,21). The summed E-state index contributed by atoms with van der Waals surface area (Å²) in [6.07, 6.45) is 0. The molecule has 0 spiro atoms. The van der Waals surface area contributed by atoms with E-state index in [4.69, 9.17) is 4.55 Å². The van der Waals surface area contributed by atoms with Crippen molar-refractivity contribution in [3.8, 4) is 11.5 Å². The van der Waals surface area contributed by atoms with E-state index in [1.165, 1.54) is 19.1 Å². The summed E-state index contributed by atoms with van der Waals surface area (Å²) in [6, 6.07) is 14.9. The van der Waals surface area contributed by atoms with Crippen LogP contribution in [0.15, 0.2) is 98.4 Å². The number of amides is 2. The maximum absolute atomic E-state index is 12.4. The molecule has 0 heterocycles. The van der Waals surface area contributed by atoms with Gasteiger partial charge < -0.3 is 20.8 Å². The monoisotopic (exact) mass is 784 g/mol. The van der Waals surface area contributed by atoms with Crippen molar-refractivity contribution in [2.75, 3.05) is 10.6 Å². The van der Waals surface area contributed by atoms with Crippen molar-refractivity contribution in [3.63, 3.8) is 0 Å². The van der Waals surface area contributed by atoms with E-state index in [1.807, 2.05) is 0 Å². The molecule has 0 unspecified atom stereocenters. The Balaban J connectivity index is 0.000000233. The largest absolute Gasteiger partial charge is 0.507 e. The first-order valence-corrected chi connectivity index (χ1v) is 19.3. The SMILES string of the molecule is CC(=O)Nc1ccc(S(=O)(=O)O)c2cc(S(=O)(=O)O)cc(O)c12.O=C(Nc1cc(S(=O)(=O)O)cc2cc(S(=O)(=O)O)cc(O)c12)c1ccccc1. The second kappa shape index (κ2) is 13.8. The van der Waals surface area contributed by atoms with Gasteiger partial charge >= 0.3 is 0 Å². The molecule has 0 aliphatic carbocycles. The Morgan fingerprint density at radius 2 is 1.04 bits per heavy atom. The Morgan fingerprint density at radius 1 is 0.549 bits per heavy atom. The van der Waals surface area contributed by atoms with Gasteiger partial charge in [-0.25, -0.2) is 0 Å². The number of rotatable bonds is 7. The highest BCUT2D eigenvalue weighted by atomic mass is 32.2. The van der Waals surface area contributed by atoms with Crippen LogP contribution in [0, 0.1) is 0 Å². The summed E-state index contributed by atoms with van der Waals surface area (Å²) >= 11 is 0. The van der Waals surface area contributed by atoms with Gasteiger partial charge in [0.1, 0.15) is 16.4 Å². The zero-order valence-corrected chi connectivity index (χ0v) is 28.7. The van der Waals surface area contributed by atoms with Crippen molar-refractivity contribution in [1.29, 1.82) is 0 Å². The zero-order valence-electron chi connectivity index (χ0n) is 25.4. The van der Waals surface area contributed by atoms with Crippen LogP contribution in [0.25, 0.3) is 21.5 Å². The number of phenolic OH excluding ortho intramolecular Hbond substituents is 2. The summed E-state index contributed by atoms with van der Waals surface area (Å²) < 4.78 is 128. The van der Waals surface area contributed by atoms with Gasteiger partial charge in [-0.15, -0.1) is 0 Å². The van der Waals surface area contributed by atoms with Crippen molar-refractivity contribution in [2.24, 2.45) is 0 Å². The maximum Gasteiger partial charge on any atom is 0.295 e. The molecule has 0 saturated carbocycles. The molecule has 0 aliphatic heterocycles. The Labute approximate surface area is 289 Å². The number of phenols is 2. The van der Waals surface area contributed by atoms with Crippen LogP contribution >= 0.6 is 0 Å². The molecule has 18 nitrogen and oxygen atoms in total. The van der Waals surface area contributed by atoms with Gasteiger partial charge in [0.05, 0.1) is 26.1 Å². The molecule has 2 amide bonds. The van der Waals surface area contributed by atoms with E-state index in [0.717, 1.165) is 42.5 Å². The van der Waals surface area contributed by atoms with Crippen molar-refractivity contribution in [2.45, 2.75) is 26.5 Å². The van der Waals surface area contributed by atoms with E-state index in [0.29, 0.717) is 6.07 Å². The third kappa shape index (κ3) is 8.94. The van der Waals surface area contributed by atoms with Crippen LogP contribution in [0.5, 0.6) is 11.5 Å². The Morgan fingerprint density at radius 3 is 1.53 bits per heavy atom. The first-order valence-electron chi connectivity index (χ1n) is 13.5. The fourth-order valence-corrected chi connectivity index (χ4v) is 6.98. The van der Waals surface area contributed by atoms with Crippen LogP contribution in [0.4, 0.5) is 11.4 Å². The van der Waals surface area contributed by atoms with Gasteiger partial charge in [0.15, 0.2) is 0 Å². The minimum absolute atomic E-state index is 0.000659. The second-order valence-corrected chi connectivity index (χ2v) is 16.0. The predicted molar refractivity (Wildman–Crippen MR) is 179 cm³/mol. The molecule has 22 heteroatoms. The highest BCUT2D eigenvalue weighted by molar-refractivity contribution is 7.86. The predicted octanol–water partition coefficient (Wildman–Crippen LogP) is 3.29. The topological polar surface area (TPSA) is 316 Å². The summed E-state index contributed by atoms with van der Waals surface area (Å²) in [7, 11) is -18.9. The highest BCUT2D eigenvalue weighted by Crippen LogP contribution is 2.39.